The summed E-state index contributed by atoms with van der Waals surface area (Å²) in [5.41, 5.74) is 0. The zero-order chi connectivity index (χ0) is 12.7. The summed E-state index contributed by atoms with van der Waals surface area (Å²) in [6.45, 7) is 0.140. The first kappa shape index (κ1) is 13.5. The number of carbonyl (C=O) groups is 2. The Morgan fingerprint density at radius 1 is 1.41 bits per heavy atom. The highest BCUT2D eigenvalue weighted by Crippen LogP contribution is 2.24. The number of carboxylic acids is 1. The molecule has 6 nitrogen and oxygen atoms in total. The number of hydrogen-bond donors (Lipinski definition) is 3. The topological polar surface area (TPSA) is 102 Å². The number of nitrogens with zero attached hydrogens (tertiary/aromatic N) is 1. The summed E-state index contributed by atoms with van der Waals surface area (Å²) in [7, 11) is 0. The molecule has 0 bridgehead atoms. The third-order valence-electron chi connectivity index (χ3n) is 2.94. The Balaban J connectivity index is 2.25. The number of carbonyl (C=O) groups excluding carboxylic acids is 1. The van der Waals surface area contributed by atoms with Gasteiger partial charge in [-0.2, -0.15) is 5.26 Å². The number of aliphatic carboxylic acids is 1. The van der Waals surface area contributed by atoms with Gasteiger partial charge in [0.1, 0.15) is 6.54 Å². The van der Waals surface area contributed by atoms with E-state index >= 15 is 0 Å². The standard InChI is InChI=1S/C11H17N3O3/c12-4-5-13-10(15)7-14-9-3-1-2-8(6-9)11(16)17/h8-9,14H,1-3,5-7H2,(H,13,15)(H,16,17). The lowest BCUT2D eigenvalue weighted by atomic mass is 9.86. The van der Waals surface area contributed by atoms with Crippen LogP contribution in [0.1, 0.15) is 25.7 Å². The predicted molar refractivity (Wildman–Crippen MR) is 60.0 cm³/mol. The van der Waals surface area contributed by atoms with Crippen LogP contribution in [0.2, 0.25) is 0 Å². The maximum atomic E-state index is 11.2. The third-order valence-corrected chi connectivity index (χ3v) is 2.94. The Kier molecular flexibility index (Phi) is 5.43. The number of nitrogens with one attached hydrogen (secondary N) is 2. The van der Waals surface area contributed by atoms with E-state index in [2.05, 4.69) is 10.6 Å². The van der Waals surface area contributed by atoms with Crippen molar-refractivity contribution in [3.05, 3.63) is 0 Å². The van der Waals surface area contributed by atoms with Gasteiger partial charge in [-0.15, -0.1) is 0 Å². The van der Waals surface area contributed by atoms with E-state index in [-0.39, 0.29) is 31.0 Å². The maximum absolute atomic E-state index is 11.2. The van der Waals surface area contributed by atoms with Crippen molar-refractivity contribution in [1.29, 1.82) is 5.26 Å². The second kappa shape index (κ2) is 6.86. The van der Waals surface area contributed by atoms with Crippen LogP contribution in [0.3, 0.4) is 0 Å². The van der Waals surface area contributed by atoms with Crippen LogP contribution < -0.4 is 10.6 Å². The fraction of sp³-hybridized carbons (Fsp3) is 0.727. The summed E-state index contributed by atoms with van der Waals surface area (Å²) in [6, 6.07) is 1.90. The SMILES string of the molecule is N#CCNC(=O)CNC1CCCC(C(=O)O)C1. The average molecular weight is 239 g/mol. The molecular formula is C11H17N3O3. The van der Waals surface area contributed by atoms with E-state index in [0.29, 0.717) is 12.8 Å². The van der Waals surface area contributed by atoms with Crippen molar-refractivity contribution >= 4 is 11.9 Å². The van der Waals surface area contributed by atoms with E-state index in [1.54, 1.807) is 0 Å². The van der Waals surface area contributed by atoms with Gasteiger partial charge in [0.25, 0.3) is 0 Å². The number of hydrogen-bond acceptors (Lipinski definition) is 4. The van der Waals surface area contributed by atoms with Crippen molar-refractivity contribution in [2.24, 2.45) is 5.92 Å². The molecule has 2 atom stereocenters. The first-order valence-corrected chi connectivity index (χ1v) is 5.73. The monoisotopic (exact) mass is 239 g/mol. The Hall–Kier alpha value is -1.61. The van der Waals surface area contributed by atoms with Gasteiger partial charge in [0.05, 0.1) is 18.5 Å². The van der Waals surface area contributed by atoms with Crippen molar-refractivity contribution in [2.75, 3.05) is 13.1 Å². The van der Waals surface area contributed by atoms with E-state index in [4.69, 9.17) is 10.4 Å². The lowest BCUT2D eigenvalue weighted by Gasteiger charge is -2.27. The van der Waals surface area contributed by atoms with Crippen LogP contribution >= 0.6 is 0 Å². The van der Waals surface area contributed by atoms with E-state index in [9.17, 15) is 9.59 Å². The van der Waals surface area contributed by atoms with Gasteiger partial charge in [0.15, 0.2) is 0 Å². The van der Waals surface area contributed by atoms with Crippen LogP contribution in [0.25, 0.3) is 0 Å². The van der Waals surface area contributed by atoms with Gasteiger partial charge in [-0.1, -0.05) is 6.42 Å². The van der Waals surface area contributed by atoms with Crippen molar-refractivity contribution in [3.63, 3.8) is 0 Å². The minimum absolute atomic E-state index is 0.00291. The van der Waals surface area contributed by atoms with Gasteiger partial charge >= 0.3 is 5.97 Å². The van der Waals surface area contributed by atoms with Gasteiger partial charge in [-0.3, -0.25) is 9.59 Å². The Bertz CT molecular complexity index is 324. The van der Waals surface area contributed by atoms with Crippen molar-refractivity contribution in [2.45, 2.75) is 31.7 Å². The molecule has 1 rings (SSSR count). The number of amides is 1. The first-order chi connectivity index (χ1) is 8.13. The highest BCUT2D eigenvalue weighted by Gasteiger charge is 2.26. The van der Waals surface area contributed by atoms with Crippen LogP contribution in [-0.4, -0.2) is 36.1 Å². The van der Waals surface area contributed by atoms with Crippen molar-refractivity contribution in [1.82, 2.24) is 10.6 Å². The second-order valence-electron chi connectivity index (χ2n) is 4.21. The molecule has 0 aromatic heterocycles. The van der Waals surface area contributed by atoms with Crippen LogP contribution in [-0.2, 0) is 9.59 Å². The molecular weight excluding hydrogens is 222 g/mol. The number of rotatable bonds is 5. The summed E-state index contributed by atoms with van der Waals surface area (Å²) in [5, 5.41) is 22.6. The first-order valence-electron chi connectivity index (χ1n) is 5.73. The van der Waals surface area contributed by atoms with Gasteiger partial charge in [-0.05, 0) is 19.3 Å². The molecule has 0 saturated heterocycles. The highest BCUT2D eigenvalue weighted by molar-refractivity contribution is 5.78. The maximum Gasteiger partial charge on any atom is 0.306 e. The van der Waals surface area contributed by atoms with Crippen LogP contribution in [0.4, 0.5) is 0 Å². The zero-order valence-corrected chi connectivity index (χ0v) is 9.61. The fourth-order valence-electron chi connectivity index (χ4n) is 2.04. The molecule has 0 heterocycles. The number of nitriles is 1. The number of carboxylic acid groups (broad SMARTS) is 1. The van der Waals surface area contributed by atoms with E-state index < -0.39 is 5.97 Å². The predicted octanol–water partition coefficient (Wildman–Crippen LogP) is -0.141. The minimum Gasteiger partial charge on any atom is -0.481 e. The molecule has 2 unspecified atom stereocenters. The van der Waals surface area contributed by atoms with Crippen LogP contribution in [0.5, 0.6) is 0 Å². The Labute approximate surface area is 100.0 Å². The molecule has 1 aliphatic carbocycles. The van der Waals surface area contributed by atoms with Crippen molar-refractivity contribution < 1.29 is 14.7 Å². The molecule has 0 aromatic carbocycles. The van der Waals surface area contributed by atoms with Gasteiger partial charge in [-0.25, -0.2) is 0 Å². The smallest absolute Gasteiger partial charge is 0.306 e. The molecule has 0 aromatic rings. The van der Waals surface area contributed by atoms with E-state index in [1.165, 1.54) is 0 Å². The van der Waals surface area contributed by atoms with Gasteiger partial charge in [0.2, 0.25) is 5.91 Å². The highest BCUT2D eigenvalue weighted by atomic mass is 16.4. The third kappa shape index (κ3) is 4.83. The molecule has 3 N–H and O–H groups in total. The van der Waals surface area contributed by atoms with E-state index in [0.717, 1.165) is 12.8 Å². The lowest BCUT2D eigenvalue weighted by Crippen LogP contribution is -2.42. The summed E-state index contributed by atoms with van der Waals surface area (Å²) < 4.78 is 0. The average Bonchev–Trinajstić information content (AvgIpc) is 2.34. The van der Waals surface area contributed by atoms with Gasteiger partial charge < -0.3 is 15.7 Å². The summed E-state index contributed by atoms with van der Waals surface area (Å²) in [5.74, 6) is -1.29. The normalized spacial score (nSPS) is 23.7. The zero-order valence-electron chi connectivity index (χ0n) is 9.61. The molecule has 0 radical (unpaired) electrons. The molecule has 17 heavy (non-hydrogen) atoms. The van der Waals surface area contributed by atoms with Crippen LogP contribution in [0.15, 0.2) is 0 Å². The Morgan fingerprint density at radius 3 is 2.82 bits per heavy atom. The summed E-state index contributed by atoms with van der Waals surface area (Å²) in [6.07, 6.45) is 3.05. The van der Waals surface area contributed by atoms with Crippen LogP contribution in [0, 0.1) is 17.2 Å². The van der Waals surface area contributed by atoms with Crippen molar-refractivity contribution in [3.8, 4) is 6.07 Å². The molecule has 1 aliphatic rings. The Morgan fingerprint density at radius 2 is 2.18 bits per heavy atom. The summed E-state index contributed by atoms with van der Waals surface area (Å²) in [4.78, 5) is 22.1. The molecule has 1 saturated carbocycles. The fourth-order valence-corrected chi connectivity index (χ4v) is 2.04. The minimum atomic E-state index is -0.759. The quantitative estimate of drug-likeness (QED) is 0.579. The largest absolute Gasteiger partial charge is 0.481 e. The summed E-state index contributed by atoms with van der Waals surface area (Å²) >= 11 is 0. The lowest BCUT2D eigenvalue weighted by molar-refractivity contribution is -0.143. The van der Waals surface area contributed by atoms with Gasteiger partial charge in [0, 0.05) is 6.04 Å². The molecule has 1 fully saturated rings. The molecule has 6 heteroatoms. The van der Waals surface area contributed by atoms with E-state index in [1.807, 2.05) is 6.07 Å². The molecule has 94 valence electrons. The molecule has 0 spiro atoms. The second-order valence-corrected chi connectivity index (χ2v) is 4.21. The molecule has 0 aliphatic heterocycles. The molecule has 1 amide bonds.